The van der Waals surface area contributed by atoms with E-state index in [-0.39, 0.29) is 17.2 Å². The summed E-state index contributed by atoms with van der Waals surface area (Å²) in [4.78, 5) is 2.11. The van der Waals surface area contributed by atoms with E-state index < -0.39 is 10.0 Å². The molecule has 21 heavy (non-hydrogen) atoms. The van der Waals surface area contributed by atoms with Crippen molar-refractivity contribution in [3.05, 3.63) is 23.2 Å². The first-order valence-electron chi connectivity index (χ1n) is 6.83. The Morgan fingerprint density at radius 3 is 2.71 bits per heavy atom. The number of nitrogens with zero attached hydrogens (tertiary/aromatic N) is 2. The van der Waals surface area contributed by atoms with Crippen molar-refractivity contribution >= 4 is 27.3 Å². The third-order valence-electron chi connectivity index (χ3n) is 3.56. The SMILES string of the molecule is Nc1ccc(Cl)cc1S(=O)(=O)N1CCCN(CCO)CC1. The van der Waals surface area contributed by atoms with E-state index in [0.717, 1.165) is 13.0 Å². The maximum absolute atomic E-state index is 12.7. The van der Waals surface area contributed by atoms with Gasteiger partial charge in [-0.3, -0.25) is 4.90 Å². The van der Waals surface area contributed by atoms with Crippen molar-refractivity contribution in [2.75, 3.05) is 45.1 Å². The fourth-order valence-corrected chi connectivity index (χ4v) is 4.27. The zero-order valence-electron chi connectivity index (χ0n) is 11.7. The lowest BCUT2D eigenvalue weighted by Gasteiger charge is -2.22. The van der Waals surface area contributed by atoms with Gasteiger partial charge in [0.25, 0.3) is 0 Å². The van der Waals surface area contributed by atoms with Crippen LogP contribution in [0.4, 0.5) is 5.69 Å². The van der Waals surface area contributed by atoms with Gasteiger partial charge in [0.2, 0.25) is 10.0 Å². The van der Waals surface area contributed by atoms with Gasteiger partial charge >= 0.3 is 0 Å². The van der Waals surface area contributed by atoms with E-state index in [1.165, 1.54) is 16.4 Å². The summed E-state index contributed by atoms with van der Waals surface area (Å²) < 4.78 is 26.8. The van der Waals surface area contributed by atoms with E-state index in [1.54, 1.807) is 6.07 Å². The number of aliphatic hydroxyl groups excluding tert-OH is 1. The molecule has 1 aliphatic heterocycles. The number of rotatable bonds is 4. The molecule has 3 N–H and O–H groups in total. The predicted octanol–water partition coefficient (Wildman–Crippen LogP) is 0.611. The largest absolute Gasteiger partial charge is 0.398 e. The highest BCUT2D eigenvalue weighted by atomic mass is 35.5. The highest BCUT2D eigenvalue weighted by molar-refractivity contribution is 7.89. The van der Waals surface area contributed by atoms with Crippen LogP contribution in [0.25, 0.3) is 0 Å². The third-order valence-corrected chi connectivity index (χ3v) is 5.75. The highest BCUT2D eigenvalue weighted by Gasteiger charge is 2.28. The molecular formula is C13H20ClN3O3S. The van der Waals surface area contributed by atoms with Crippen LogP contribution in [0.15, 0.2) is 23.1 Å². The van der Waals surface area contributed by atoms with Crippen molar-refractivity contribution in [1.29, 1.82) is 0 Å². The molecule has 1 aromatic carbocycles. The second-order valence-corrected chi connectivity index (χ2v) is 7.35. The molecule has 0 radical (unpaired) electrons. The average molecular weight is 334 g/mol. The second-order valence-electron chi connectivity index (χ2n) is 5.01. The fraction of sp³-hybridized carbons (Fsp3) is 0.538. The van der Waals surface area contributed by atoms with Gasteiger partial charge in [-0.05, 0) is 31.2 Å². The van der Waals surface area contributed by atoms with E-state index in [0.29, 0.717) is 31.2 Å². The molecule has 118 valence electrons. The van der Waals surface area contributed by atoms with Gasteiger partial charge in [0, 0.05) is 31.2 Å². The van der Waals surface area contributed by atoms with E-state index in [2.05, 4.69) is 4.90 Å². The minimum Gasteiger partial charge on any atom is -0.398 e. The molecule has 8 heteroatoms. The van der Waals surface area contributed by atoms with Gasteiger partial charge in [-0.25, -0.2) is 8.42 Å². The van der Waals surface area contributed by atoms with Crippen molar-refractivity contribution in [3.8, 4) is 0 Å². The number of hydrogen-bond acceptors (Lipinski definition) is 5. The topological polar surface area (TPSA) is 86.9 Å². The van der Waals surface area contributed by atoms with E-state index in [1.807, 2.05) is 0 Å². The van der Waals surface area contributed by atoms with E-state index in [4.69, 9.17) is 22.4 Å². The van der Waals surface area contributed by atoms with Crippen molar-refractivity contribution in [1.82, 2.24) is 9.21 Å². The fourth-order valence-electron chi connectivity index (χ4n) is 2.42. The lowest BCUT2D eigenvalue weighted by atomic mass is 10.3. The molecule has 0 atom stereocenters. The molecule has 1 aliphatic rings. The standard InChI is InChI=1S/C13H20ClN3O3S/c14-11-2-3-12(15)13(10-11)21(19,20)17-5-1-4-16(6-7-17)8-9-18/h2-3,10,18H,1,4-9,15H2. The van der Waals surface area contributed by atoms with Gasteiger partial charge in [0.15, 0.2) is 0 Å². The summed E-state index contributed by atoms with van der Waals surface area (Å²) in [5, 5.41) is 9.32. The summed E-state index contributed by atoms with van der Waals surface area (Å²) in [6, 6.07) is 4.47. The Labute approximate surface area is 130 Å². The molecule has 2 rings (SSSR count). The first-order chi connectivity index (χ1) is 9.95. The van der Waals surface area contributed by atoms with E-state index in [9.17, 15) is 8.42 Å². The maximum atomic E-state index is 12.7. The Morgan fingerprint density at radius 1 is 1.24 bits per heavy atom. The van der Waals surface area contributed by atoms with Crippen molar-refractivity contribution in [3.63, 3.8) is 0 Å². The first-order valence-corrected chi connectivity index (χ1v) is 8.65. The molecule has 0 saturated carbocycles. The number of nitrogens with two attached hydrogens (primary N) is 1. The number of β-amino-alcohol motifs (C(OH)–C–C–N with tert-alkyl or cyclic N) is 1. The summed E-state index contributed by atoms with van der Waals surface area (Å²) in [6.45, 7) is 2.84. The monoisotopic (exact) mass is 333 g/mol. The predicted molar refractivity (Wildman–Crippen MR) is 82.8 cm³/mol. The minimum atomic E-state index is -3.64. The quantitative estimate of drug-likeness (QED) is 0.788. The zero-order valence-corrected chi connectivity index (χ0v) is 13.3. The van der Waals surface area contributed by atoms with Gasteiger partial charge in [-0.1, -0.05) is 11.6 Å². The van der Waals surface area contributed by atoms with Crippen molar-refractivity contribution < 1.29 is 13.5 Å². The second kappa shape index (κ2) is 6.93. The lowest BCUT2D eigenvalue weighted by Crippen LogP contribution is -2.36. The Balaban J connectivity index is 2.21. The smallest absolute Gasteiger partial charge is 0.245 e. The molecule has 0 aliphatic carbocycles. The summed E-state index contributed by atoms with van der Waals surface area (Å²) in [5.41, 5.74) is 5.99. The molecule has 1 fully saturated rings. The highest BCUT2D eigenvalue weighted by Crippen LogP contribution is 2.26. The molecule has 0 bridgehead atoms. The Bertz CT molecular complexity index is 594. The van der Waals surface area contributed by atoms with Crippen molar-refractivity contribution in [2.45, 2.75) is 11.3 Å². The first kappa shape index (κ1) is 16.5. The van der Waals surface area contributed by atoms with Crippen LogP contribution < -0.4 is 5.73 Å². The number of aliphatic hydroxyl groups is 1. The van der Waals surface area contributed by atoms with Crippen LogP contribution in [-0.4, -0.2) is 62.1 Å². The number of nitrogen functional groups attached to an aromatic ring is 1. The number of halogens is 1. The van der Waals surface area contributed by atoms with E-state index >= 15 is 0 Å². The molecule has 0 unspecified atom stereocenters. The number of sulfonamides is 1. The summed E-state index contributed by atoms with van der Waals surface area (Å²) in [7, 11) is -3.64. The summed E-state index contributed by atoms with van der Waals surface area (Å²) in [5.74, 6) is 0. The Morgan fingerprint density at radius 2 is 2.00 bits per heavy atom. The van der Waals surface area contributed by atoms with Crippen LogP contribution in [-0.2, 0) is 10.0 Å². The Kier molecular flexibility index (Phi) is 5.45. The minimum absolute atomic E-state index is 0.0607. The van der Waals surface area contributed by atoms with Gasteiger partial charge in [0.05, 0.1) is 12.3 Å². The lowest BCUT2D eigenvalue weighted by molar-refractivity contribution is 0.202. The van der Waals surface area contributed by atoms with Crippen LogP contribution >= 0.6 is 11.6 Å². The zero-order chi connectivity index (χ0) is 15.5. The van der Waals surface area contributed by atoms with Crippen LogP contribution in [0.5, 0.6) is 0 Å². The molecule has 0 spiro atoms. The van der Waals surface area contributed by atoms with Gasteiger partial charge < -0.3 is 10.8 Å². The van der Waals surface area contributed by atoms with Crippen LogP contribution in [0, 0.1) is 0 Å². The molecular weight excluding hydrogens is 314 g/mol. The molecule has 1 saturated heterocycles. The van der Waals surface area contributed by atoms with Crippen LogP contribution in [0.3, 0.4) is 0 Å². The van der Waals surface area contributed by atoms with Gasteiger partial charge in [-0.15, -0.1) is 0 Å². The number of hydrogen-bond donors (Lipinski definition) is 2. The normalized spacial score (nSPS) is 18.6. The molecule has 0 amide bonds. The number of anilines is 1. The summed E-state index contributed by atoms with van der Waals surface area (Å²) >= 11 is 5.88. The van der Waals surface area contributed by atoms with Crippen molar-refractivity contribution in [2.24, 2.45) is 0 Å². The van der Waals surface area contributed by atoms with Gasteiger partial charge in [0.1, 0.15) is 4.90 Å². The van der Waals surface area contributed by atoms with Crippen LogP contribution in [0.2, 0.25) is 5.02 Å². The molecule has 1 aromatic rings. The van der Waals surface area contributed by atoms with Crippen LogP contribution in [0.1, 0.15) is 6.42 Å². The average Bonchev–Trinajstić information content (AvgIpc) is 2.68. The molecule has 6 nitrogen and oxygen atoms in total. The van der Waals surface area contributed by atoms with Gasteiger partial charge in [-0.2, -0.15) is 4.31 Å². The third kappa shape index (κ3) is 3.87. The summed E-state index contributed by atoms with van der Waals surface area (Å²) in [6.07, 6.45) is 0.722. The maximum Gasteiger partial charge on any atom is 0.245 e. The Hall–Kier alpha value is -0.860. The molecule has 1 heterocycles. The molecule has 0 aromatic heterocycles. The number of benzene rings is 1.